The van der Waals surface area contributed by atoms with Crippen LogP contribution in [0.25, 0.3) is 22.2 Å². The number of aryl methyl sites for hydroxylation is 2. The van der Waals surface area contributed by atoms with Crippen LogP contribution in [0, 0.1) is 13.8 Å². The molecule has 1 aromatic heterocycles. The van der Waals surface area contributed by atoms with E-state index in [2.05, 4.69) is 17.1 Å². The molecule has 0 saturated heterocycles. The standard InChI is InChI=1S/C18H17NO2/c1-11-8-12(2)17-14(10-16(20)21)18(19-15(17)9-11)13-6-4-3-5-7-13/h3-9,19H,10H2,1-2H3,(H,20,21). The summed E-state index contributed by atoms with van der Waals surface area (Å²) in [5.41, 5.74) is 6.06. The number of aliphatic carboxylic acids is 1. The first-order valence-electron chi connectivity index (χ1n) is 6.95. The largest absolute Gasteiger partial charge is 0.481 e. The minimum atomic E-state index is -0.812. The molecule has 0 unspecified atom stereocenters. The Morgan fingerprint density at radius 3 is 2.52 bits per heavy atom. The third-order valence-corrected chi connectivity index (χ3v) is 3.73. The van der Waals surface area contributed by atoms with Gasteiger partial charge in [0.1, 0.15) is 0 Å². The highest BCUT2D eigenvalue weighted by atomic mass is 16.4. The maximum atomic E-state index is 11.3. The molecule has 106 valence electrons. The van der Waals surface area contributed by atoms with Crippen molar-refractivity contribution in [3.05, 3.63) is 59.2 Å². The van der Waals surface area contributed by atoms with E-state index in [9.17, 15) is 9.90 Å². The monoisotopic (exact) mass is 279 g/mol. The topological polar surface area (TPSA) is 53.1 Å². The zero-order valence-corrected chi connectivity index (χ0v) is 12.1. The molecule has 0 saturated carbocycles. The summed E-state index contributed by atoms with van der Waals surface area (Å²) in [7, 11) is 0. The van der Waals surface area contributed by atoms with E-state index in [0.717, 1.165) is 33.3 Å². The quantitative estimate of drug-likeness (QED) is 0.759. The van der Waals surface area contributed by atoms with Gasteiger partial charge >= 0.3 is 5.97 Å². The lowest BCUT2D eigenvalue weighted by Gasteiger charge is -2.04. The molecule has 0 aliphatic rings. The number of rotatable bonds is 3. The zero-order valence-electron chi connectivity index (χ0n) is 12.1. The van der Waals surface area contributed by atoms with Gasteiger partial charge in [-0.05, 0) is 42.2 Å². The van der Waals surface area contributed by atoms with Gasteiger partial charge in [-0.1, -0.05) is 36.4 Å². The molecule has 1 heterocycles. The van der Waals surface area contributed by atoms with Gasteiger partial charge in [0, 0.05) is 10.9 Å². The van der Waals surface area contributed by atoms with E-state index in [1.807, 2.05) is 44.2 Å². The highest BCUT2D eigenvalue weighted by Gasteiger charge is 2.17. The van der Waals surface area contributed by atoms with Gasteiger partial charge in [-0.25, -0.2) is 0 Å². The summed E-state index contributed by atoms with van der Waals surface area (Å²) in [5, 5.41) is 10.3. The Balaban J connectivity index is 2.33. The molecule has 0 radical (unpaired) electrons. The van der Waals surface area contributed by atoms with Gasteiger partial charge < -0.3 is 10.1 Å². The number of hydrogen-bond acceptors (Lipinski definition) is 1. The Bertz CT molecular complexity index is 816. The van der Waals surface area contributed by atoms with Crippen LogP contribution in [0.4, 0.5) is 0 Å². The molecule has 3 aromatic rings. The average molecular weight is 279 g/mol. The predicted octanol–water partition coefficient (Wildman–Crippen LogP) is 4.08. The lowest BCUT2D eigenvalue weighted by atomic mass is 9.99. The zero-order chi connectivity index (χ0) is 15.0. The summed E-state index contributed by atoms with van der Waals surface area (Å²) >= 11 is 0. The van der Waals surface area contributed by atoms with Crippen molar-refractivity contribution in [2.45, 2.75) is 20.3 Å². The first kappa shape index (κ1) is 13.4. The van der Waals surface area contributed by atoms with Gasteiger partial charge in [-0.2, -0.15) is 0 Å². The normalized spacial score (nSPS) is 11.0. The van der Waals surface area contributed by atoms with Crippen molar-refractivity contribution >= 4 is 16.9 Å². The van der Waals surface area contributed by atoms with E-state index < -0.39 is 5.97 Å². The molecule has 3 nitrogen and oxygen atoms in total. The number of hydrogen-bond donors (Lipinski definition) is 2. The molecule has 0 atom stereocenters. The average Bonchev–Trinajstić information content (AvgIpc) is 2.77. The summed E-state index contributed by atoms with van der Waals surface area (Å²) in [4.78, 5) is 14.7. The van der Waals surface area contributed by atoms with Crippen LogP contribution in [-0.4, -0.2) is 16.1 Å². The second-order valence-corrected chi connectivity index (χ2v) is 5.42. The highest BCUT2D eigenvalue weighted by molar-refractivity contribution is 5.96. The summed E-state index contributed by atoms with van der Waals surface area (Å²) in [6.45, 7) is 4.08. The summed E-state index contributed by atoms with van der Waals surface area (Å²) in [6, 6.07) is 14.0. The second-order valence-electron chi connectivity index (χ2n) is 5.42. The van der Waals surface area contributed by atoms with Crippen molar-refractivity contribution in [1.82, 2.24) is 4.98 Å². The van der Waals surface area contributed by atoms with Crippen molar-refractivity contribution in [1.29, 1.82) is 0 Å². The number of carboxylic acid groups (broad SMARTS) is 1. The van der Waals surface area contributed by atoms with Crippen molar-refractivity contribution < 1.29 is 9.90 Å². The van der Waals surface area contributed by atoms with Crippen molar-refractivity contribution in [3.63, 3.8) is 0 Å². The minimum Gasteiger partial charge on any atom is -0.481 e. The van der Waals surface area contributed by atoms with Gasteiger partial charge in [0.2, 0.25) is 0 Å². The van der Waals surface area contributed by atoms with Gasteiger partial charge in [0.25, 0.3) is 0 Å². The van der Waals surface area contributed by atoms with Gasteiger partial charge in [0.15, 0.2) is 0 Å². The van der Waals surface area contributed by atoms with Crippen LogP contribution in [0.5, 0.6) is 0 Å². The molecule has 0 aliphatic heterocycles. The van der Waals surface area contributed by atoms with E-state index in [4.69, 9.17) is 0 Å². The fourth-order valence-electron chi connectivity index (χ4n) is 2.98. The van der Waals surface area contributed by atoms with Crippen LogP contribution in [0.15, 0.2) is 42.5 Å². The van der Waals surface area contributed by atoms with Crippen LogP contribution < -0.4 is 0 Å². The molecule has 0 fully saturated rings. The third kappa shape index (κ3) is 2.42. The van der Waals surface area contributed by atoms with Crippen molar-refractivity contribution in [2.75, 3.05) is 0 Å². The Kier molecular flexibility index (Phi) is 3.26. The molecular formula is C18H17NO2. The number of carbonyl (C=O) groups is 1. The maximum Gasteiger partial charge on any atom is 0.307 e. The number of nitrogens with one attached hydrogen (secondary N) is 1. The molecule has 2 N–H and O–H groups in total. The molecular weight excluding hydrogens is 262 g/mol. The van der Waals surface area contributed by atoms with Gasteiger partial charge in [0.05, 0.1) is 12.1 Å². The first-order valence-corrected chi connectivity index (χ1v) is 6.95. The molecule has 2 aromatic carbocycles. The van der Waals surface area contributed by atoms with E-state index >= 15 is 0 Å². The highest BCUT2D eigenvalue weighted by Crippen LogP contribution is 2.33. The Hall–Kier alpha value is -2.55. The van der Waals surface area contributed by atoms with E-state index in [0.29, 0.717) is 0 Å². The van der Waals surface area contributed by atoms with E-state index in [1.165, 1.54) is 5.56 Å². The van der Waals surface area contributed by atoms with E-state index in [1.54, 1.807) is 0 Å². The molecule has 0 aliphatic carbocycles. The number of aromatic amines is 1. The van der Waals surface area contributed by atoms with Crippen LogP contribution in [-0.2, 0) is 11.2 Å². The summed E-state index contributed by atoms with van der Waals surface area (Å²) < 4.78 is 0. The second kappa shape index (κ2) is 5.09. The van der Waals surface area contributed by atoms with Crippen LogP contribution in [0.3, 0.4) is 0 Å². The van der Waals surface area contributed by atoms with Gasteiger partial charge in [-0.3, -0.25) is 4.79 Å². The number of benzene rings is 2. The summed E-state index contributed by atoms with van der Waals surface area (Å²) in [6.07, 6.45) is 0.0220. The van der Waals surface area contributed by atoms with Crippen LogP contribution in [0.1, 0.15) is 16.7 Å². The minimum absolute atomic E-state index is 0.0220. The van der Waals surface area contributed by atoms with Crippen LogP contribution >= 0.6 is 0 Å². The molecule has 21 heavy (non-hydrogen) atoms. The number of carboxylic acids is 1. The van der Waals surface area contributed by atoms with Crippen molar-refractivity contribution in [2.24, 2.45) is 0 Å². The smallest absolute Gasteiger partial charge is 0.307 e. The number of aromatic nitrogens is 1. The van der Waals surface area contributed by atoms with Crippen molar-refractivity contribution in [3.8, 4) is 11.3 Å². The Morgan fingerprint density at radius 2 is 1.86 bits per heavy atom. The SMILES string of the molecule is Cc1cc(C)c2c(CC(=O)O)c(-c3ccccc3)[nH]c2c1. The number of fused-ring (bicyclic) bond motifs is 1. The summed E-state index contributed by atoms with van der Waals surface area (Å²) in [5.74, 6) is -0.812. The Labute approximate surface area is 123 Å². The van der Waals surface area contributed by atoms with Gasteiger partial charge in [-0.15, -0.1) is 0 Å². The molecule has 0 amide bonds. The lowest BCUT2D eigenvalue weighted by molar-refractivity contribution is -0.136. The lowest BCUT2D eigenvalue weighted by Crippen LogP contribution is -2.01. The van der Waals surface area contributed by atoms with E-state index in [-0.39, 0.29) is 6.42 Å². The molecule has 0 spiro atoms. The maximum absolute atomic E-state index is 11.3. The third-order valence-electron chi connectivity index (χ3n) is 3.73. The molecule has 3 heteroatoms. The number of H-pyrrole nitrogens is 1. The first-order chi connectivity index (χ1) is 10.1. The Morgan fingerprint density at radius 1 is 1.14 bits per heavy atom. The molecule has 3 rings (SSSR count). The fraction of sp³-hybridized carbons (Fsp3) is 0.167. The predicted molar refractivity (Wildman–Crippen MR) is 84.5 cm³/mol. The van der Waals surface area contributed by atoms with Crippen LogP contribution in [0.2, 0.25) is 0 Å². The molecule has 0 bridgehead atoms. The fourth-order valence-corrected chi connectivity index (χ4v) is 2.98.